The molecule has 0 radical (unpaired) electrons. The number of nitrogens with zero attached hydrogens (tertiary/aromatic N) is 3. The monoisotopic (exact) mass is 197 g/mol. The molecule has 0 atom stereocenters. The fraction of sp³-hybridized carbons (Fsp3) is 0.800. The molecule has 0 fully saturated rings. The summed E-state index contributed by atoms with van der Waals surface area (Å²) in [6.45, 7) is 5.05. The number of hydrogen-bond acceptors (Lipinski definition) is 3. The highest BCUT2D eigenvalue weighted by molar-refractivity contribution is 4.94. The van der Waals surface area contributed by atoms with E-state index in [0.717, 1.165) is 25.2 Å². The van der Waals surface area contributed by atoms with Crippen LogP contribution in [0.5, 0.6) is 0 Å². The molecule has 1 aromatic rings. The van der Waals surface area contributed by atoms with Crippen molar-refractivity contribution in [1.29, 1.82) is 0 Å². The summed E-state index contributed by atoms with van der Waals surface area (Å²) in [6.07, 6.45) is 4.56. The molecule has 4 heteroatoms. The molecule has 0 aliphatic rings. The fourth-order valence-electron chi connectivity index (χ4n) is 1.57. The second kappa shape index (κ2) is 5.75. The van der Waals surface area contributed by atoms with Crippen LogP contribution in [0.25, 0.3) is 0 Å². The van der Waals surface area contributed by atoms with Gasteiger partial charge in [0.05, 0.1) is 0 Å². The highest BCUT2D eigenvalue weighted by Crippen LogP contribution is 2.07. The molecular weight excluding hydrogens is 178 g/mol. The third kappa shape index (κ3) is 2.54. The molecule has 0 amide bonds. The van der Waals surface area contributed by atoms with Crippen molar-refractivity contribution in [2.75, 3.05) is 0 Å². The number of hydrogen-bond donors (Lipinski definition) is 1. The summed E-state index contributed by atoms with van der Waals surface area (Å²) < 4.78 is 2.00. The van der Waals surface area contributed by atoms with Crippen molar-refractivity contribution in [1.82, 2.24) is 14.8 Å². The number of aliphatic hydroxyl groups is 1. The van der Waals surface area contributed by atoms with Crippen molar-refractivity contribution in [3.8, 4) is 0 Å². The SMILES string of the molecule is CCCCCc1nnc(CO)n1CC. The molecule has 0 unspecified atom stereocenters. The number of rotatable bonds is 6. The van der Waals surface area contributed by atoms with Gasteiger partial charge in [0.15, 0.2) is 5.82 Å². The second-order valence-electron chi connectivity index (χ2n) is 3.39. The largest absolute Gasteiger partial charge is 0.388 e. The van der Waals surface area contributed by atoms with Crippen LogP contribution in [0.4, 0.5) is 0 Å². The van der Waals surface area contributed by atoms with Crippen molar-refractivity contribution in [2.24, 2.45) is 0 Å². The van der Waals surface area contributed by atoms with Crippen LogP contribution in [0, 0.1) is 0 Å². The van der Waals surface area contributed by atoms with Crippen molar-refractivity contribution in [2.45, 2.75) is 52.7 Å². The Hall–Kier alpha value is -0.900. The maximum atomic E-state index is 9.01. The smallest absolute Gasteiger partial charge is 0.158 e. The Morgan fingerprint density at radius 2 is 1.86 bits per heavy atom. The summed E-state index contributed by atoms with van der Waals surface area (Å²) in [5.41, 5.74) is 0. The van der Waals surface area contributed by atoms with E-state index in [1.165, 1.54) is 12.8 Å². The lowest BCUT2D eigenvalue weighted by Gasteiger charge is -2.05. The van der Waals surface area contributed by atoms with E-state index in [9.17, 15) is 0 Å². The highest BCUT2D eigenvalue weighted by Gasteiger charge is 2.08. The summed E-state index contributed by atoms with van der Waals surface area (Å²) >= 11 is 0. The maximum Gasteiger partial charge on any atom is 0.158 e. The molecule has 14 heavy (non-hydrogen) atoms. The van der Waals surface area contributed by atoms with Gasteiger partial charge >= 0.3 is 0 Å². The lowest BCUT2D eigenvalue weighted by atomic mass is 10.2. The fourth-order valence-corrected chi connectivity index (χ4v) is 1.57. The van der Waals surface area contributed by atoms with Crippen LogP contribution < -0.4 is 0 Å². The summed E-state index contributed by atoms with van der Waals surface area (Å²) in [5, 5.41) is 17.0. The minimum atomic E-state index is -0.0192. The molecular formula is C10H19N3O. The molecule has 80 valence electrons. The van der Waals surface area contributed by atoms with Gasteiger partial charge in [-0.3, -0.25) is 0 Å². The molecule has 0 bridgehead atoms. The van der Waals surface area contributed by atoms with E-state index in [-0.39, 0.29) is 6.61 Å². The number of aliphatic hydroxyl groups excluding tert-OH is 1. The van der Waals surface area contributed by atoms with Gasteiger partial charge in [-0.2, -0.15) is 0 Å². The van der Waals surface area contributed by atoms with Crippen LogP contribution in [0.15, 0.2) is 0 Å². The topological polar surface area (TPSA) is 50.9 Å². The Labute approximate surface area is 85.0 Å². The number of aryl methyl sites for hydroxylation is 1. The van der Waals surface area contributed by atoms with Crippen LogP contribution in [-0.4, -0.2) is 19.9 Å². The Morgan fingerprint density at radius 3 is 2.43 bits per heavy atom. The molecule has 4 nitrogen and oxygen atoms in total. The molecule has 0 saturated heterocycles. The molecule has 0 aliphatic heterocycles. The predicted octanol–water partition coefficient (Wildman–Crippen LogP) is 1.52. The quantitative estimate of drug-likeness (QED) is 0.703. The first-order valence-corrected chi connectivity index (χ1v) is 5.35. The third-order valence-corrected chi connectivity index (χ3v) is 2.37. The van der Waals surface area contributed by atoms with Crippen LogP contribution in [0.3, 0.4) is 0 Å². The van der Waals surface area contributed by atoms with Gasteiger partial charge in [0.25, 0.3) is 0 Å². The third-order valence-electron chi connectivity index (χ3n) is 2.37. The van der Waals surface area contributed by atoms with E-state index < -0.39 is 0 Å². The van der Waals surface area contributed by atoms with Crippen LogP contribution in [0.2, 0.25) is 0 Å². The average Bonchev–Trinajstić information content (AvgIpc) is 2.60. The van der Waals surface area contributed by atoms with Gasteiger partial charge in [0.2, 0.25) is 0 Å². The maximum absolute atomic E-state index is 9.01. The zero-order valence-electron chi connectivity index (χ0n) is 9.03. The van der Waals surface area contributed by atoms with E-state index in [2.05, 4.69) is 17.1 Å². The van der Waals surface area contributed by atoms with Gasteiger partial charge in [-0.25, -0.2) is 0 Å². The first kappa shape index (κ1) is 11.2. The van der Waals surface area contributed by atoms with Crippen LogP contribution in [-0.2, 0) is 19.6 Å². The highest BCUT2D eigenvalue weighted by atomic mass is 16.3. The van der Waals surface area contributed by atoms with Gasteiger partial charge in [0.1, 0.15) is 12.4 Å². The zero-order valence-corrected chi connectivity index (χ0v) is 9.03. The molecule has 1 N–H and O–H groups in total. The van der Waals surface area contributed by atoms with Gasteiger partial charge in [0, 0.05) is 13.0 Å². The zero-order chi connectivity index (χ0) is 10.4. The van der Waals surface area contributed by atoms with E-state index in [4.69, 9.17) is 5.11 Å². The van der Waals surface area contributed by atoms with Crippen molar-refractivity contribution in [3.63, 3.8) is 0 Å². The molecule has 1 heterocycles. The number of aromatic nitrogens is 3. The van der Waals surface area contributed by atoms with Gasteiger partial charge in [-0.15, -0.1) is 10.2 Å². The standard InChI is InChI=1S/C10H19N3O/c1-3-5-6-7-9-11-12-10(8-14)13(9)4-2/h14H,3-8H2,1-2H3. The van der Waals surface area contributed by atoms with E-state index in [1.54, 1.807) is 0 Å². The summed E-state index contributed by atoms with van der Waals surface area (Å²) in [5.74, 6) is 1.68. The summed E-state index contributed by atoms with van der Waals surface area (Å²) in [4.78, 5) is 0. The lowest BCUT2D eigenvalue weighted by molar-refractivity contribution is 0.264. The van der Waals surface area contributed by atoms with E-state index >= 15 is 0 Å². The number of unbranched alkanes of at least 4 members (excludes halogenated alkanes) is 2. The average molecular weight is 197 g/mol. The van der Waals surface area contributed by atoms with Gasteiger partial charge in [-0.05, 0) is 13.3 Å². The first-order valence-electron chi connectivity index (χ1n) is 5.35. The minimum Gasteiger partial charge on any atom is -0.388 e. The Balaban J connectivity index is 2.61. The molecule has 1 rings (SSSR count). The predicted molar refractivity (Wildman–Crippen MR) is 54.8 cm³/mol. The van der Waals surface area contributed by atoms with Crippen molar-refractivity contribution in [3.05, 3.63) is 11.6 Å². The van der Waals surface area contributed by atoms with E-state index in [0.29, 0.717) is 5.82 Å². The molecule has 0 aromatic carbocycles. The Morgan fingerprint density at radius 1 is 1.14 bits per heavy atom. The normalized spacial score (nSPS) is 10.8. The van der Waals surface area contributed by atoms with Crippen molar-refractivity contribution < 1.29 is 5.11 Å². The Bertz CT molecular complexity index is 270. The summed E-state index contributed by atoms with van der Waals surface area (Å²) in [6, 6.07) is 0. The molecule has 0 saturated carbocycles. The summed E-state index contributed by atoms with van der Waals surface area (Å²) in [7, 11) is 0. The first-order chi connectivity index (χ1) is 6.83. The van der Waals surface area contributed by atoms with Crippen molar-refractivity contribution >= 4 is 0 Å². The van der Waals surface area contributed by atoms with E-state index in [1.807, 2.05) is 11.5 Å². The van der Waals surface area contributed by atoms with Gasteiger partial charge < -0.3 is 9.67 Å². The molecule has 1 aromatic heterocycles. The van der Waals surface area contributed by atoms with Gasteiger partial charge in [-0.1, -0.05) is 19.8 Å². The van der Waals surface area contributed by atoms with Crippen LogP contribution >= 0.6 is 0 Å². The second-order valence-corrected chi connectivity index (χ2v) is 3.39. The van der Waals surface area contributed by atoms with Crippen LogP contribution in [0.1, 0.15) is 44.8 Å². The lowest BCUT2D eigenvalue weighted by Crippen LogP contribution is -2.06. The minimum absolute atomic E-state index is 0.0192. The molecule has 0 aliphatic carbocycles. The molecule has 0 spiro atoms. The Kier molecular flexibility index (Phi) is 4.59.